The van der Waals surface area contributed by atoms with Crippen LogP contribution in [-0.4, -0.2) is 40.7 Å². The van der Waals surface area contributed by atoms with Gasteiger partial charge in [0.25, 0.3) is 0 Å². The largest absolute Gasteiger partial charge is 0.459 e. The van der Waals surface area contributed by atoms with Gasteiger partial charge in [-0.1, -0.05) is 18.2 Å². The SMILES string of the molecule is CC(=O)Oc1cc(/C=C/c2ccc(OC(C)=O)c(C[C@@H](OC(C)=O)C(C)(C)O)c2)cc(OC(C)=O)c1. The second-order valence-corrected chi connectivity index (χ2v) is 8.68. The highest BCUT2D eigenvalue weighted by Gasteiger charge is 2.31. The highest BCUT2D eigenvalue weighted by atomic mass is 16.6. The molecular formula is C27H30O9. The molecular weight excluding hydrogens is 468 g/mol. The molecule has 0 aliphatic rings. The van der Waals surface area contributed by atoms with E-state index in [4.69, 9.17) is 18.9 Å². The molecule has 0 bridgehead atoms. The van der Waals surface area contributed by atoms with Crippen LogP contribution in [0.1, 0.15) is 58.2 Å². The first-order valence-corrected chi connectivity index (χ1v) is 11.1. The molecule has 0 unspecified atom stereocenters. The van der Waals surface area contributed by atoms with E-state index in [2.05, 4.69) is 0 Å². The van der Waals surface area contributed by atoms with E-state index >= 15 is 0 Å². The Morgan fingerprint density at radius 1 is 0.778 bits per heavy atom. The van der Waals surface area contributed by atoms with Gasteiger partial charge < -0.3 is 24.1 Å². The smallest absolute Gasteiger partial charge is 0.308 e. The lowest BCUT2D eigenvalue weighted by Gasteiger charge is -2.29. The number of rotatable bonds is 9. The number of carbonyl (C=O) groups excluding carboxylic acids is 4. The van der Waals surface area contributed by atoms with Crippen LogP contribution in [0.4, 0.5) is 0 Å². The maximum absolute atomic E-state index is 11.6. The molecule has 9 nitrogen and oxygen atoms in total. The van der Waals surface area contributed by atoms with Crippen LogP contribution in [0, 0.1) is 0 Å². The zero-order chi connectivity index (χ0) is 27.0. The summed E-state index contributed by atoms with van der Waals surface area (Å²) in [7, 11) is 0. The summed E-state index contributed by atoms with van der Waals surface area (Å²) in [5.74, 6) is -1.43. The van der Waals surface area contributed by atoms with Crippen LogP contribution >= 0.6 is 0 Å². The van der Waals surface area contributed by atoms with E-state index in [-0.39, 0.29) is 23.7 Å². The Balaban J connectivity index is 2.45. The molecule has 0 fully saturated rings. The predicted octanol–water partition coefficient (Wildman–Crippen LogP) is 3.88. The Morgan fingerprint density at radius 3 is 1.78 bits per heavy atom. The van der Waals surface area contributed by atoms with Gasteiger partial charge in [-0.05, 0) is 54.8 Å². The van der Waals surface area contributed by atoms with Gasteiger partial charge in [0.1, 0.15) is 23.4 Å². The number of benzene rings is 2. The fourth-order valence-electron chi connectivity index (χ4n) is 3.28. The van der Waals surface area contributed by atoms with Crippen molar-refractivity contribution < 1.29 is 43.2 Å². The molecule has 1 atom stereocenters. The molecule has 0 heterocycles. The van der Waals surface area contributed by atoms with Crippen LogP contribution in [0.2, 0.25) is 0 Å². The van der Waals surface area contributed by atoms with Crippen molar-refractivity contribution in [1.82, 2.24) is 0 Å². The summed E-state index contributed by atoms with van der Waals surface area (Å²) < 4.78 is 20.9. The Bertz CT molecular complexity index is 1140. The minimum atomic E-state index is -1.35. The maximum atomic E-state index is 11.6. The number of carbonyl (C=O) groups is 4. The van der Waals surface area contributed by atoms with E-state index in [0.29, 0.717) is 16.7 Å². The standard InChI is InChI=1S/C27H30O9/c1-16(28)33-23-12-21(13-24(15-23)34-17(2)29)8-7-20-9-10-25(35-18(3)30)22(11-20)14-26(27(5,6)32)36-19(4)31/h7-13,15,26,32H,14H2,1-6H3/b8-7+/t26-/m1/s1. The molecule has 2 rings (SSSR count). The number of aliphatic hydroxyl groups is 1. The monoisotopic (exact) mass is 498 g/mol. The third-order valence-corrected chi connectivity index (χ3v) is 4.73. The molecule has 0 aromatic heterocycles. The van der Waals surface area contributed by atoms with Gasteiger partial charge in [0.2, 0.25) is 0 Å². The predicted molar refractivity (Wildman–Crippen MR) is 131 cm³/mol. The second-order valence-electron chi connectivity index (χ2n) is 8.68. The highest BCUT2D eigenvalue weighted by Crippen LogP contribution is 2.28. The van der Waals surface area contributed by atoms with Gasteiger partial charge in [0.15, 0.2) is 0 Å². The van der Waals surface area contributed by atoms with E-state index in [1.807, 2.05) is 0 Å². The molecule has 0 amide bonds. The zero-order valence-electron chi connectivity index (χ0n) is 21.1. The molecule has 2 aromatic carbocycles. The van der Waals surface area contributed by atoms with Crippen molar-refractivity contribution in [2.75, 3.05) is 0 Å². The van der Waals surface area contributed by atoms with Gasteiger partial charge in [-0.3, -0.25) is 19.2 Å². The fourth-order valence-corrected chi connectivity index (χ4v) is 3.28. The molecule has 0 spiro atoms. The Kier molecular flexibility index (Phi) is 9.52. The number of esters is 4. The Hall–Kier alpha value is -3.98. The van der Waals surface area contributed by atoms with Crippen LogP contribution < -0.4 is 14.2 Å². The van der Waals surface area contributed by atoms with Gasteiger partial charge >= 0.3 is 23.9 Å². The van der Waals surface area contributed by atoms with Crippen molar-refractivity contribution in [3.63, 3.8) is 0 Å². The van der Waals surface area contributed by atoms with E-state index < -0.39 is 35.6 Å². The Labute approximate surface area is 209 Å². The summed E-state index contributed by atoms with van der Waals surface area (Å²) in [5.41, 5.74) is 0.472. The molecule has 9 heteroatoms. The van der Waals surface area contributed by atoms with E-state index in [9.17, 15) is 24.3 Å². The normalized spacial score (nSPS) is 12.1. The fraction of sp³-hybridized carbons (Fsp3) is 0.333. The lowest BCUT2D eigenvalue weighted by Crippen LogP contribution is -2.41. The maximum Gasteiger partial charge on any atom is 0.308 e. The van der Waals surface area contributed by atoms with Crippen LogP contribution in [-0.2, 0) is 30.3 Å². The summed E-state index contributed by atoms with van der Waals surface area (Å²) in [6.45, 7) is 8.08. The minimum Gasteiger partial charge on any atom is -0.459 e. The number of hydrogen-bond acceptors (Lipinski definition) is 9. The van der Waals surface area contributed by atoms with Crippen LogP contribution in [0.3, 0.4) is 0 Å². The van der Waals surface area contributed by atoms with Crippen LogP contribution in [0.5, 0.6) is 17.2 Å². The molecule has 0 saturated heterocycles. The summed E-state index contributed by atoms with van der Waals surface area (Å²) in [6.07, 6.45) is 2.65. The molecule has 1 N–H and O–H groups in total. The molecule has 36 heavy (non-hydrogen) atoms. The Morgan fingerprint density at radius 2 is 1.31 bits per heavy atom. The molecule has 0 radical (unpaired) electrons. The van der Waals surface area contributed by atoms with E-state index in [1.165, 1.54) is 47.6 Å². The van der Waals surface area contributed by atoms with E-state index in [1.54, 1.807) is 42.5 Å². The van der Waals surface area contributed by atoms with Crippen molar-refractivity contribution in [3.05, 3.63) is 53.1 Å². The average molecular weight is 499 g/mol. The van der Waals surface area contributed by atoms with Crippen molar-refractivity contribution in [3.8, 4) is 17.2 Å². The topological polar surface area (TPSA) is 125 Å². The van der Waals surface area contributed by atoms with Crippen molar-refractivity contribution in [1.29, 1.82) is 0 Å². The highest BCUT2D eigenvalue weighted by molar-refractivity contribution is 5.76. The zero-order valence-corrected chi connectivity index (χ0v) is 21.1. The molecule has 0 saturated carbocycles. The first-order chi connectivity index (χ1) is 16.7. The quantitative estimate of drug-likeness (QED) is 0.311. The molecule has 0 aliphatic heterocycles. The van der Waals surface area contributed by atoms with Gasteiger partial charge in [-0.2, -0.15) is 0 Å². The van der Waals surface area contributed by atoms with E-state index in [0.717, 1.165) is 0 Å². The lowest BCUT2D eigenvalue weighted by atomic mass is 9.93. The average Bonchev–Trinajstić information content (AvgIpc) is 2.71. The van der Waals surface area contributed by atoms with Gasteiger partial charge in [-0.25, -0.2) is 0 Å². The summed E-state index contributed by atoms with van der Waals surface area (Å²) in [4.78, 5) is 45.9. The molecule has 192 valence electrons. The molecule has 2 aromatic rings. The summed E-state index contributed by atoms with van der Waals surface area (Å²) >= 11 is 0. The number of ether oxygens (including phenoxy) is 4. The summed E-state index contributed by atoms with van der Waals surface area (Å²) in [6, 6.07) is 9.68. The third kappa shape index (κ3) is 9.34. The number of hydrogen-bond donors (Lipinski definition) is 1. The minimum absolute atomic E-state index is 0.0892. The first-order valence-electron chi connectivity index (χ1n) is 11.1. The second kappa shape index (κ2) is 12.1. The van der Waals surface area contributed by atoms with Crippen molar-refractivity contribution in [2.24, 2.45) is 0 Å². The third-order valence-electron chi connectivity index (χ3n) is 4.73. The van der Waals surface area contributed by atoms with Crippen molar-refractivity contribution >= 4 is 36.0 Å². The lowest BCUT2D eigenvalue weighted by molar-refractivity contribution is -0.159. The molecule has 0 aliphatic carbocycles. The first kappa shape index (κ1) is 28.3. The van der Waals surface area contributed by atoms with Crippen LogP contribution in [0.25, 0.3) is 12.2 Å². The van der Waals surface area contributed by atoms with Gasteiger partial charge in [0, 0.05) is 40.2 Å². The van der Waals surface area contributed by atoms with Crippen LogP contribution in [0.15, 0.2) is 36.4 Å². The van der Waals surface area contributed by atoms with Gasteiger partial charge in [0.05, 0.1) is 5.60 Å². The van der Waals surface area contributed by atoms with Crippen molar-refractivity contribution in [2.45, 2.75) is 59.7 Å². The van der Waals surface area contributed by atoms with Gasteiger partial charge in [-0.15, -0.1) is 0 Å². The summed E-state index contributed by atoms with van der Waals surface area (Å²) in [5, 5.41) is 10.5.